The number of ether oxygens (including phenoxy) is 2. The monoisotopic (exact) mass is 828 g/mol. The predicted molar refractivity (Wildman–Crippen MR) is 252 cm³/mol. The third-order valence-corrected chi connectivity index (χ3v) is 11.3. The standard InChI is InChI=1S/C54H60N4O4/c1-9-19-61-51-41-21-37-29-47(57-33-35-11-15-55-16-12-35)31-39(49(37)59)23-43-27-46(54(6,7)8)28-44(52(43)62-20-10-2)24-40-32-48(58-34-36-13-17-56-18-14-36)30-38(50(40)60)22-42(51)26-45(25-41)53(3,4)5/h11-18,25-34,59-60H,9-10,19-24H2,1-8H3. The largest absolute Gasteiger partial charge is 0.507 e. The van der Waals surface area contributed by atoms with E-state index in [4.69, 9.17) is 19.5 Å². The summed E-state index contributed by atoms with van der Waals surface area (Å²) in [6.07, 6.45) is 13.9. The lowest BCUT2D eigenvalue weighted by Gasteiger charge is -2.26. The van der Waals surface area contributed by atoms with Crippen molar-refractivity contribution in [3.63, 3.8) is 0 Å². The van der Waals surface area contributed by atoms with Crippen LogP contribution in [0.5, 0.6) is 23.0 Å². The van der Waals surface area contributed by atoms with Crippen molar-refractivity contribution in [1.29, 1.82) is 0 Å². The molecule has 2 aromatic heterocycles. The van der Waals surface area contributed by atoms with Gasteiger partial charge in [-0.15, -0.1) is 0 Å². The van der Waals surface area contributed by atoms with Gasteiger partial charge < -0.3 is 19.7 Å². The Balaban J connectivity index is 1.53. The summed E-state index contributed by atoms with van der Waals surface area (Å²) in [5, 5.41) is 24.9. The SMILES string of the molecule is CCCOc1c2cc(C(C)(C)C)cc1Cc1cc(N=Cc3ccncc3)cc(c1O)Cc1cc(C(C)(C)C)cc(c1OCCC)Cc1cc(N=Cc3ccncc3)cc(c1O)C2. The second-order valence-corrected chi connectivity index (χ2v) is 18.5. The first-order chi connectivity index (χ1) is 29.7. The second-order valence-electron chi connectivity index (χ2n) is 18.5. The number of hydrogen-bond acceptors (Lipinski definition) is 8. The highest BCUT2D eigenvalue weighted by Crippen LogP contribution is 2.43. The molecule has 1 aliphatic carbocycles. The summed E-state index contributed by atoms with van der Waals surface area (Å²) in [5.74, 6) is 1.99. The number of rotatable bonds is 10. The summed E-state index contributed by atoms with van der Waals surface area (Å²) in [4.78, 5) is 18.3. The molecule has 0 unspecified atom stereocenters. The Bertz CT molecular complexity index is 2310. The normalized spacial score (nSPS) is 13.2. The predicted octanol–water partition coefficient (Wildman–Crippen LogP) is 12.2. The van der Waals surface area contributed by atoms with Crippen LogP contribution in [0.3, 0.4) is 0 Å². The van der Waals surface area contributed by atoms with E-state index in [-0.39, 0.29) is 22.3 Å². The zero-order valence-corrected chi connectivity index (χ0v) is 37.5. The Morgan fingerprint density at radius 1 is 0.500 bits per heavy atom. The smallest absolute Gasteiger partial charge is 0.126 e. The fraction of sp³-hybridized carbons (Fsp3) is 0.333. The molecule has 0 atom stereocenters. The quantitative estimate of drug-likeness (QED) is 0.133. The summed E-state index contributed by atoms with van der Waals surface area (Å²) < 4.78 is 13.4. The van der Waals surface area contributed by atoms with Crippen LogP contribution in [0.2, 0.25) is 0 Å². The van der Waals surface area contributed by atoms with Crippen LogP contribution in [0.25, 0.3) is 0 Å². The van der Waals surface area contributed by atoms with E-state index in [2.05, 4.69) is 89.6 Å². The fourth-order valence-corrected chi connectivity index (χ4v) is 7.87. The maximum atomic E-state index is 12.4. The van der Waals surface area contributed by atoms with Gasteiger partial charge in [0.25, 0.3) is 0 Å². The highest BCUT2D eigenvalue weighted by molar-refractivity contribution is 5.82. The highest BCUT2D eigenvalue weighted by atomic mass is 16.5. The number of nitrogens with zero attached hydrogens (tertiary/aromatic N) is 4. The van der Waals surface area contributed by atoms with Crippen LogP contribution in [0, 0.1) is 0 Å². The van der Waals surface area contributed by atoms with Crippen molar-refractivity contribution in [2.24, 2.45) is 9.98 Å². The van der Waals surface area contributed by atoms with Crippen molar-refractivity contribution in [2.45, 2.75) is 105 Å². The van der Waals surface area contributed by atoms with Gasteiger partial charge in [0.1, 0.15) is 23.0 Å². The third kappa shape index (κ3) is 10.4. The molecule has 7 rings (SSSR count). The molecular weight excluding hydrogens is 769 g/mol. The molecule has 0 saturated heterocycles. The number of phenolic OH excluding ortho intramolecular Hbond substituents is 2. The van der Waals surface area contributed by atoms with Crippen molar-refractivity contribution in [1.82, 2.24) is 9.97 Å². The van der Waals surface area contributed by atoms with Crippen molar-refractivity contribution in [2.75, 3.05) is 13.2 Å². The summed E-state index contributed by atoms with van der Waals surface area (Å²) in [5.41, 5.74) is 12.0. The number of aromatic nitrogens is 2. The summed E-state index contributed by atoms with van der Waals surface area (Å²) in [7, 11) is 0. The molecule has 0 spiro atoms. The summed E-state index contributed by atoms with van der Waals surface area (Å²) in [6.45, 7) is 18.5. The fourth-order valence-electron chi connectivity index (χ4n) is 7.87. The molecule has 4 aromatic carbocycles. The van der Waals surface area contributed by atoms with Gasteiger partial charge in [-0.05, 0) is 117 Å². The average molecular weight is 829 g/mol. The molecule has 2 N–H and O–H groups in total. The number of hydrogen-bond donors (Lipinski definition) is 2. The minimum absolute atomic E-state index is 0.205. The maximum Gasteiger partial charge on any atom is 0.126 e. The number of pyridine rings is 2. The molecule has 8 heteroatoms. The van der Waals surface area contributed by atoms with Crippen molar-refractivity contribution in [3.8, 4) is 23.0 Å². The van der Waals surface area contributed by atoms with Gasteiger partial charge >= 0.3 is 0 Å². The topological polar surface area (TPSA) is 109 Å². The molecule has 1 aliphatic rings. The lowest BCUT2D eigenvalue weighted by molar-refractivity contribution is 0.311. The van der Waals surface area contributed by atoms with Gasteiger partial charge in [0.2, 0.25) is 0 Å². The first kappa shape index (κ1) is 43.8. The first-order valence-corrected chi connectivity index (χ1v) is 21.9. The molecule has 8 nitrogen and oxygen atoms in total. The number of benzene rings is 4. The van der Waals surface area contributed by atoms with Gasteiger partial charge in [-0.25, -0.2) is 0 Å². The van der Waals surface area contributed by atoms with Crippen molar-refractivity contribution in [3.05, 3.63) is 164 Å². The molecule has 0 saturated carbocycles. The van der Waals surface area contributed by atoms with Gasteiger partial charge in [0.05, 0.1) is 24.6 Å². The minimum atomic E-state index is -0.205. The number of aromatic hydroxyl groups is 2. The van der Waals surface area contributed by atoms with E-state index in [0.717, 1.165) is 102 Å². The lowest BCUT2D eigenvalue weighted by atomic mass is 9.81. The van der Waals surface area contributed by atoms with Gasteiger partial charge in [-0.2, -0.15) is 0 Å². The second kappa shape index (κ2) is 18.8. The molecule has 0 fully saturated rings. The Labute approximate surface area is 367 Å². The van der Waals surface area contributed by atoms with Gasteiger partial charge in [-0.3, -0.25) is 20.0 Å². The van der Waals surface area contributed by atoms with E-state index >= 15 is 0 Å². The van der Waals surface area contributed by atoms with E-state index in [1.807, 2.05) is 61.0 Å². The van der Waals surface area contributed by atoms with Gasteiger partial charge in [0, 0.05) is 85.2 Å². The number of phenols is 2. The van der Waals surface area contributed by atoms with Crippen molar-refractivity contribution < 1.29 is 19.7 Å². The highest BCUT2D eigenvalue weighted by Gasteiger charge is 2.26. The summed E-state index contributed by atoms with van der Waals surface area (Å²) in [6, 6.07) is 24.5. The molecule has 8 bridgehead atoms. The van der Waals surface area contributed by atoms with E-state index in [9.17, 15) is 10.2 Å². The van der Waals surface area contributed by atoms with Gasteiger partial charge in [0.15, 0.2) is 0 Å². The Morgan fingerprint density at radius 3 is 1.08 bits per heavy atom. The lowest BCUT2D eigenvalue weighted by Crippen LogP contribution is -2.15. The molecule has 0 radical (unpaired) electrons. The Morgan fingerprint density at radius 2 is 0.806 bits per heavy atom. The molecule has 6 aromatic rings. The van der Waals surface area contributed by atoms with Crippen LogP contribution in [-0.2, 0) is 36.5 Å². The van der Waals surface area contributed by atoms with E-state index in [1.165, 1.54) is 0 Å². The van der Waals surface area contributed by atoms with E-state index in [1.54, 1.807) is 24.8 Å². The Hall–Kier alpha value is -6.28. The Kier molecular flexibility index (Phi) is 13.3. The zero-order chi connectivity index (χ0) is 44.0. The number of fused-ring (bicyclic) bond motifs is 8. The maximum absolute atomic E-state index is 12.4. The molecular formula is C54H60N4O4. The zero-order valence-electron chi connectivity index (χ0n) is 37.5. The van der Waals surface area contributed by atoms with Crippen LogP contribution in [-0.4, -0.2) is 45.8 Å². The van der Waals surface area contributed by atoms with Crippen LogP contribution < -0.4 is 9.47 Å². The average Bonchev–Trinajstić information content (AvgIpc) is 3.24. The molecule has 2 heterocycles. The van der Waals surface area contributed by atoms with Gasteiger partial charge in [-0.1, -0.05) is 79.7 Å². The minimum Gasteiger partial charge on any atom is -0.507 e. The van der Waals surface area contributed by atoms with Crippen LogP contribution in [0.1, 0.15) is 135 Å². The molecule has 0 aliphatic heterocycles. The molecule has 320 valence electrons. The first-order valence-electron chi connectivity index (χ1n) is 21.9. The summed E-state index contributed by atoms with van der Waals surface area (Å²) >= 11 is 0. The number of aliphatic imine (C=N–C) groups is 2. The van der Waals surface area contributed by atoms with Crippen molar-refractivity contribution >= 4 is 23.8 Å². The van der Waals surface area contributed by atoms with Crippen LogP contribution in [0.4, 0.5) is 11.4 Å². The molecule has 0 amide bonds. The molecule has 62 heavy (non-hydrogen) atoms. The third-order valence-electron chi connectivity index (χ3n) is 11.3. The van der Waals surface area contributed by atoms with E-state index < -0.39 is 0 Å². The van der Waals surface area contributed by atoms with Crippen LogP contribution >= 0.6 is 0 Å². The van der Waals surface area contributed by atoms with E-state index in [0.29, 0.717) is 38.9 Å². The van der Waals surface area contributed by atoms with Crippen LogP contribution in [0.15, 0.2) is 108 Å².